The lowest BCUT2D eigenvalue weighted by Crippen LogP contribution is -2.26. The lowest BCUT2D eigenvalue weighted by Gasteiger charge is -2.30. The summed E-state index contributed by atoms with van der Waals surface area (Å²) in [4.78, 5) is 9.81. The minimum absolute atomic E-state index is 0.629. The summed E-state index contributed by atoms with van der Waals surface area (Å²) < 4.78 is 2.43. The molecule has 1 spiro atoms. The number of benzene rings is 9. The monoisotopic (exact) mass is 735 g/mol. The van der Waals surface area contributed by atoms with Gasteiger partial charge in [-0.2, -0.15) is 0 Å². The van der Waals surface area contributed by atoms with Crippen molar-refractivity contribution in [1.82, 2.24) is 14.5 Å². The maximum atomic E-state index is 5.06. The fourth-order valence-electron chi connectivity index (χ4n) is 10.7. The quantitative estimate of drug-likeness (QED) is 0.169. The van der Waals surface area contributed by atoms with Crippen molar-refractivity contribution in [3.63, 3.8) is 0 Å². The normalized spacial score (nSPS) is 15.0. The Bertz CT molecular complexity index is 3450. The third-order valence-electron chi connectivity index (χ3n) is 12.9. The molecule has 2 heterocycles. The summed E-state index contributed by atoms with van der Waals surface area (Å²) in [7, 11) is 0. The maximum absolute atomic E-state index is 5.06. The van der Waals surface area contributed by atoms with Gasteiger partial charge in [0.25, 0.3) is 0 Å². The third-order valence-corrected chi connectivity index (χ3v) is 12.9. The average molecular weight is 736 g/mol. The van der Waals surface area contributed by atoms with E-state index in [1.807, 2.05) is 0 Å². The Hall–Kier alpha value is -7.62. The van der Waals surface area contributed by atoms with E-state index in [4.69, 9.17) is 9.97 Å². The van der Waals surface area contributed by atoms with E-state index in [-0.39, 0.29) is 0 Å². The van der Waals surface area contributed by atoms with Crippen molar-refractivity contribution in [1.29, 1.82) is 0 Å². The van der Waals surface area contributed by atoms with Crippen LogP contribution in [0.3, 0.4) is 0 Å². The average Bonchev–Trinajstić information content (AvgIpc) is 3.89. The second-order valence-corrected chi connectivity index (χ2v) is 15.7. The Morgan fingerprint density at radius 2 is 0.983 bits per heavy atom. The molecule has 2 aliphatic carbocycles. The highest BCUT2D eigenvalue weighted by atomic mass is 15.0. The molecule has 2 aromatic heterocycles. The van der Waals surface area contributed by atoms with E-state index >= 15 is 0 Å². The first-order valence-electron chi connectivity index (χ1n) is 20.0. The van der Waals surface area contributed by atoms with E-state index in [9.17, 15) is 0 Å². The van der Waals surface area contributed by atoms with Crippen LogP contribution in [0.4, 0.5) is 0 Å². The molecule has 0 aliphatic heterocycles. The fraction of sp³-hybridized carbons (Fsp3) is 0.0182. The van der Waals surface area contributed by atoms with Gasteiger partial charge in [-0.15, -0.1) is 0 Å². The largest absolute Gasteiger partial charge is 0.309 e. The lowest BCUT2D eigenvalue weighted by molar-refractivity contribution is 0.785. The van der Waals surface area contributed by atoms with E-state index in [0.717, 1.165) is 22.5 Å². The highest BCUT2D eigenvalue weighted by molar-refractivity contribution is 6.21. The van der Waals surface area contributed by atoms with Crippen molar-refractivity contribution >= 4 is 43.4 Å². The summed E-state index contributed by atoms with van der Waals surface area (Å²) in [6.07, 6.45) is 3.78. The highest BCUT2D eigenvalue weighted by Crippen LogP contribution is 2.63. The molecule has 0 bridgehead atoms. The van der Waals surface area contributed by atoms with Gasteiger partial charge in [-0.05, 0) is 108 Å². The molecule has 0 saturated carbocycles. The van der Waals surface area contributed by atoms with Crippen molar-refractivity contribution in [2.75, 3.05) is 0 Å². The standard InChI is InChI=1S/C55H33N3/c1-3-15-34(16-4-1)52-39-21-7-9-23-41(39)53(42-24-10-8-22-40(42)52)35-27-28-43-47(29-35)55(49-32-56-33-57-54(43)49)46-25-13-11-19-37(46)44-30-45-38-20-12-14-26-50(38)58(51(45)31-48(44)55)36-17-5-2-6-18-36/h1-33H. The molecule has 2 aliphatic rings. The Labute approximate surface area is 335 Å². The molecule has 0 radical (unpaired) electrons. The molecule has 0 fully saturated rings. The molecule has 3 heteroatoms. The van der Waals surface area contributed by atoms with Crippen LogP contribution in [0, 0.1) is 0 Å². The summed E-state index contributed by atoms with van der Waals surface area (Å²) in [6.45, 7) is 0. The summed E-state index contributed by atoms with van der Waals surface area (Å²) in [5, 5.41) is 7.48. The number of para-hydroxylation sites is 2. The van der Waals surface area contributed by atoms with Crippen LogP contribution >= 0.6 is 0 Å². The molecule has 0 amide bonds. The van der Waals surface area contributed by atoms with Crippen molar-refractivity contribution in [2.24, 2.45) is 0 Å². The molecule has 11 aromatic rings. The van der Waals surface area contributed by atoms with Crippen LogP contribution in [0.15, 0.2) is 201 Å². The number of aromatic nitrogens is 3. The van der Waals surface area contributed by atoms with Crippen LogP contribution in [-0.2, 0) is 5.41 Å². The zero-order valence-corrected chi connectivity index (χ0v) is 31.4. The predicted octanol–water partition coefficient (Wildman–Crippen LogP) is 13.6. The first-order valence-corrected chi connectivity index (χ1v) is 20.0. The number of hydrogen-bond acceptors (Lipinski definition) is 2. The van der Waals surface area contributed by atoms with Crippen LogP contribution in [0.5, 0.6) is 0 Å². The molecule has 58 heavy (non-hydrogen) atoms. The van der Waals surface area contributed by atoms with Crippen LogP contribution in [0.2, 0.25) is 0 Å². The SMILES string of the molecule is c1ccc(-c2c3ccccc3c(-c3ccc4c(c3)C3(c5ccccc5-c5cc6c7ccccc7n(-c7ccccc7)c6cc53)c3cncnc3-4)c3ccccc23)cc1. The third kappa shape index (κ3) is 4.02. The number of fused-ring (bicyclic) bond motifs is 15. The molecule has 13 rings (SSSR count). The zero-order chi connectivity index (χ0) is 38.0. The van der Waals surface area contributed by atoms with Crippen molar-refractivity contribution in [2.45, 2.75) is 5.41 Å². The van der Waals surface area contributed by atoms with E-state index in [2.05, 4.69) is 199 Å². The Balaban J connectivity index is 1.15. The van der Waals surface area contributed by atoms with Crippen LogP contribution < -0.4 is 0 Å². The van der Waals surface area contributed by atoms with Gasteiger partial charge in [0.1, 0.15) is 6.33 Å². The fourth-order valence-corrected chi connectivity index (χ4v) is 10.7. The molecule has 0 N–H and O–H groups in total. The molecular weight excluding hydrogens is 703 g/mol. The van der Waals surface area contributed by atoms with Gasteiger partial charge in [-0.1, -0.05) is 152 Å². The minimum atomic E-state index is -0.629. The highest BCUT2D eigenvalue weighted by Gasteiger charge is 2.53. The van der Waals surface area contributed by atoms with E-state index in [1.165, 1.54) is 93.4 Å². The molecule has 3 nitrogen and oxygen atoms in total. The Morgan fingerprint density at radius 1 is 0.379 bits per heavy atom. The second-order valence-electron chi connectivity index (χ2n) is 15.7. The van der Waals surface area contributed by atoms with Crippen LogP contribution in [-0.4, -0.2) is 14.5 Å². The molecule has 1 atom stereocenters. The first kappa shape index (κ1) is 31.6. The minimum Gasteiger partial charge on any atom is -0.309 e. The van der Waals surface area contributed by atoms with Gasteiger partial charge in [0, 0.05) is 33.8 Å². The topological polar surface area (TPSA) is 30.7 Å². The van der Waals surface area contributed by atoms with Gasteiger partial charge in [0.2, 0.25) is 0 Å². The molecule has 9 aromatic carbocycles. The molecular formula is C55H33N3. The summed E-state index contributed by atoms with van der Waals surface area (Å²) in [5.74, 6) is 0. The zero-order valence-electron chi connectivity index (χ0n) is 31.4. The second kappa shape index (κ2) is 11.7. The van der Waals surface area contributed by atoms with Gasteiger partial charge in [-0.3, -0.25) is 0 Å². The smallest absolute Gasteiger partial charge is 0.116 e. The van der Waals surface area contributed by atoms with Gasteiger partial charge in [0.05, 0.1) is 22.1 Å². The number of hydrogen-bond donors (Lipinski definition) is 0. The Kier molecular flexibility index (Phi) is 6.37. The van der Waals surface area contributed by atoms with E-state index < -0.39 is 5.41 Å². The number of rotatable bonds is 3. The Morgan fingerprint density at radius 3 is 1.72 bits per heavy atom. The summed E-state index contributed by atoms with van der Waals surface area (Å²) in [5.41, 5.74) is 17.4. The van der Waals surface area contributed by atoms with Gasteiger partial charge < -0.3 is 4.57 Å². The molecule has 0 saturated heterocycles. The molecule has 1 unspecified atom stereocenters. The van der Waals surface area contributed by atoms with Crippen LogP contribution in [0.25, 0.3) is 93.7 Å². The van der Waals surface area contributed by atoms with Crippen molar-refractivity contribution in [3.8, 4) is 50.3 Å². The predicted molar refractivity (Wildman–Crippen MR) is 239 cm³/mol. The lowest BCUT2D eigenvalue weighted by atomic mass is 9.70. The van der Waals surface area contributed by atoms with Gasteiger partial charge in [-0.25, -0.2) is 9.97 Å². The van der Waals surface area contributed by atoms with E-state index in [0.29, 0.717) is 0 Å². The van der Waals surface area contributed by atoms with Gasteiger partial charge in [0.15, 0.2) is 0 Å². The van der Waals surface area contributed by atoms with Gasteiger partial charge >= 0.3 is 0 Å². The summed E-state index contributed by atoms with van der Waals surface area (Å²) >= 11 is 0. The number of nitrogens with zero attached hydrogens (tertiary/aromatic N) is 3. The first-order chi connectivity index (χ1) is 28.8. The summed E-state index contributed by atoms with van der Waals surface area (Å²) in [6, 6.07) is 69.3. The maximum Gasteiger partial charge on any atom is 0.116 e. The van der Waals surface area contributed by atoms with Crippen LogP contribution in [0.1, 0.15) is 22.3 Å². The molecule has 268 valence electrons. The van der Waals surface area contributed by atoms with Crippen molar-refractivity contribution in [3.05, 3.63) is 223 Å². The van der Waals surface area contributed by atoms with Crippen molar-refractivity contribution < 1.29 is 0 Å². The van der Waals surface area contributed by atoms with E-state index in [1.54, 1.807) is 6.33 Å².